The van der Waals surface area contributed by atoms with Crippen LogP contribution < -0.4 is 15.0 Å². The molecule has 2 amide bonds. The molecule has 198 valence electrons. The molecule has 5 aromatic carbocycles. The second kappa shape index (κ2) is 9.57. The van der Waals surface area contributed by atoms with Crippen molar-refractivity contribution in [1.82, 2.24) is 0 Å². The summed E-state index contributed by atoms with van der Waals surface area (Å²) in [6.45, 7) is 0. The molecule has 7 rings (SSSR count). The predicted octanol–water partition coefficient (Wildman–Crippen LogP) is 5.36. The third-order valence-corrected chi connectivity index (χ3v) is 7.70. The fraction of sp³-hybridized carbons (Fsp3) is 0.0588. The zero-order valence-corrected chi connectivity index (χ0v) is 21.7. The minimum Gasteiger partial charge on any atom is -0.545 e. The van der Waals surface area contributed by atoms with Crippen molar-refractivity contribution in [3.05, 3.63) is 143 Å². The van der Waals surface area contributed by atoms with Crippen molar-refractivity contribution in [2.75, 3.05) is 9.91 Å². The summed E-state index contributed by atoms with van der Waals surface area (Å²) in [5.41, 5.74) is 5.00. The fourth-order valence-electron chi connectivity index (χ4n) is 5.76. The summed E-state index contributed by atoms with van der Waals surface area (Å²) in [7, 11) is 0. The number of hydrogen-bond acceptors (Lipinski definition) is 6. The van der Waals surface area contributed by atoms with Crippen LogP contribution in [0.3, 0.4) is 0 Å². The van der Waals surface area contributed by atoms with Crippen LogP contribution in [0.4, 0.5) is 11.4 Å². The fourth-order valence-corrected chi connectivity index (χ4v) is 5.76. The third kappa shape index (κ3) is 3.98. The molecule has 0 aromatic heterocycles. The molecule has 2 aliphatic heterocycles. The Labute approximate surface area is 235 Å². The van der Waals surface area contributed by atoms with Gasteiger partial charge in [0.15, 0.2) is 0 Å². The molecule has 1 unspecified atom stereocenters. The molecule has 0 fully saturated rings. The van der Waals surface area contributed by atoms with Gasteiger partial charge in [0.05, 0.1) is 29.1 Å². The van der Waals surface area contributed by atoms with E-state index in [1.54, 1.807) is 48.5 Å². The zero-order chi connectivity index (χ0) is 28.1. The number of carbonyl (C=O) groups excluding carboxylic acids is 3. The molecule has 0 radical (unpaired) electrons. The van der Waals surface area contributed by atoms with Crippen LogP contribution in [0.2, 0.25) is 0 Å². The molecule has 0 saturated carbocycles. The largest absolute Gasteiger partial charge is 0.545 e. The van der Waals surface area contributed by atoms with Gasteiger partial charge in [-0.3, -0.25) is 14.6 Å². The van der Waals surface area contributed by atoms with Gasteiger partial charge in [-0.05, 0) is 52.9 Å². The molecule has 0 saturated heterocycles. The highest BCUT2D eigenvalue weighted by Crippen LogP contribution is 2.40. The van der Waals surface area contributed by atoms with Crippen LogP contribution in [-0.2, 0) is 0 Å². The van der Waals surface area contributed by atoms with E-state index in [0.717, 1.165) is 27.9 Å². The van der Waals surface area contributed by atoms with Crippen molar-refractivity contribution in [3.8, 4) is 0 Å². The van der Waals surface area contributed by atoms with Crippen LogP contribution in [0.1, 0.15) is 54.7 Å². The lowest BCUT2D eigenvalue weighted by molar-refractivity contribution is -0.255. The molecular formula is C34H22N3O4-. The number of anilines is 2. The monoisotopic (exact) mass is 536 g/mol. The number of rotatable bonds is 5. The summed E-state index contributed by atoms with van der Waals surface area (Å²) in [6.07, 6.45) is 0.572. The van der Waals surface area contributed by atoms with Gasteiger partial charge in [0.1, 0.15) is 0 Å². The Hall–Kier alpha value is -5.56. The highest BCUT2D eigenvalue weighted by molar-refractivity contribution is 6.36. The number of hydrazone groups is 1. The minimum absolute atomic E-state index is 0.0934. The number of carbonyl (C=O) groups is 3. The van der Waals surface area contributed by atoms with Crippen molar-refractivity contribution in [1.29, 1.82) is 0 Å². The van der Waals surface area contributed by atoms with E-state index in [-0.39, 0.29) is 23.4 Å². The maximum Gasteiger partial charge on any atom is 0.265 e. The Bertz CT molecular complexity index is 1860. The van der Waals surface area contributed by atoms with Crippen molar-refractivity contribution in [2.24, 2.45) is 5.10 Å². The topological polar surface area (TPSA) is 93.1 Å². The summed E-state index contributed by atoms with van der Waals surface area (Å²) in [5, 5.41) is 19.6. The van der Waals surface area contributed by atoms with E-state index in [2.05, 4.69) is 0 Å². The van der Waals surface area contributed by atoms with E-state index in [1.165, 1.54) is 17.0 Å². The number of aromatic carboxylic acids is 1. The smallest absolute Gasteiger partial charge is 0.265 e. The van der Waals surface area contributed by atoms with Gasteiger partial charge in [-0.15, -0.1) is 0 Å². The van der Waals surface area contributed by atoms with Gasteiger partial charge < -0.3 is 9.90 Å². The van der Waals surface area contributed by atoms with Gasteiger partial charge in [0, 0.05) is 28.5 Å². The van der Waals surface area contributed by atoms with Crippen LogP contribution >= 0.6 is 0 Å². The first-order valence-electron chi connectivity index (χ1n) is 13.2. The molecule has 0 N–H and O–H groups in total. The van der Waals surface area contributed by atoms with Crippen molar-refractivity contribution in [2.45, 2.75) is 12.5 Å². The maximum absolute atomic E-state index is 13.6. The molecule has 0 spiro atoms. The predicted molar refractivity (Wildman–Crippen MR) is 155 cm³/mol. The number of imide groups is 1. The van der Waals surface area contributed by atoms with Gasteiger partial charge in [-0.25, -0.2) is 4.90 Å². The van der Waals surface area contributed by atoms with Gasteiger partial charge in [0.2, 0.25) is 0 Å². The molecule has 0 bridgehead atoms. The zero-order valence-electron chi connectivity index (χ0n) is 21.7. The number of carboxylic acids is 1. The number of carboxylic acid groups (broad SMARTS) is 1. The molecule has 5 aromatic rings. The third-order valence-electron chi connectivity index (χ3n) is 7.70. The lowest BCUT2D eigenvalue weighted by atomic mass is 9.88. The second-order valence-electron chi connectivity index (χ2n) is 10.0. The molecule has 41 heavy (non-hydrogen) atoms. The summed E-state index contributed by atoms with van der Waals surface area (Å²) in [5.74, 6) is -1.95. The molecule has 0 aliphatic carbocycles. The van der Waals surface area contributed by atoms with Crippen LogP contribution in [-0.4, -0.2) is 23.5 Å². The Morgan fingerprint density at radius 3 is 2.00 bits per heavy atom. The number of amides is 2. The molecule has 7 heteroatoms. The van der Waals surface area contributed by atoms with Crippen LogP contribution in [0.5, 0.6) is 0 Å². The van der Waals surface area contributed by atoms with E-state index in [4.69, 9.17) is 5.10 Å². The summed E-state index contributed by atoms with van der Waals surface area (Å²) in [4.78, 5) is 39.8. The Kier molecular flexibility index (Phi) is 5.71. The van der Waals surface area contributed by atoms with E-state index < -0.39 is 5.97 Å². The van der Waals surface area contributed by atoms with Crippen molar-refractivity contribution >= 4 is 45.6 Å². The van der Waals surface area contributed by atoms with Crippen molar-refractivity contribution in [3.63, 3.8) is 0 Å². The Morgan fingerprint density at radius 1 is 0.683 bits per heavy atom. The first kappa shape index (κ1) is 24.5. The first-order valence-corrected chi connectivity index (χ1v) is 13.2. The van der Waals surface area contributed by atoms with E-state index in [1.807, 2.05) is 59.6 Å². The van der Waals surface area contributed by atoms with Gasteiger partial charge in [-0.1, -0.05) is 78.9 Å². The average Bonchev–Trinajstić information content (AvgIpc) is 3.46. The van der Waals surface area contributed by atoms with E-state index >= 15 is 0 Å². The quantitative estimate of drug-likeness (QED) is 0.282. The summed E-state index contributed by atoms with van der Waals surface area (Å²) in [6, 6.07) is 34.5. The Morgan fingerprint density at radius 2 is 1.32 bits per heavy atom. The Balaban J connectivity index is 1.35. The SMILES string of the molecule is O=C([O-])c1ccc(N2N=C(c3ccc4c5c(cccc35)C(=O)N(c3ccccc3)C4=O)CC2c2ccccc2)cc1. The maximum atomic E-state index is 13.6. The van der Waals surface area contributed by atoms with Gasteiger partial charge in [-0.2, -0.15) is 5.10 Å². The summed E-state index contributed by atoms with van der Waals surface area (Å²) >= 11 is 0. The molecule has 7 nitrogen and oxygen atoms in total. The molecule has 1 atom stereocenters. The molecule has 2 heterocycles. The van der Waals surface area contributed by atoms with E-state index in [0.29, 0.717) is 28.6 Å². The highest BCUT2D eigenvalue weighted by atomic mass is 16.4. The lowest BCUT2D eigenvalue weighted by Crippen LogP contribution is -2.40. The van der Waals surface area contributed by atoms with Crippen LogP contribution in [0, 0.1) is 0 Å². The number of hydrogen-bond donors (Lipinski definition) is 0. The summed E-state index contributed by atoms with van der Waals surface area (Å²) < 4.78 is 0. The standard InChI is InChI=1S/C34H23N3O4/c38-32-27-13-7-12-26-25(18-19-28(31(26)27)33(39)36(32)23-10-5-2-6-11-23)29-20-30(21-8-3-1-4-9-21)37(35-29)24-16-14-22(15-17-24)34(40)41/h1-19,30H,20H2,(H,40,41)/p-1. The van der Waals surface area contributed by atoms with Crippen molar-refractivity contribution < 1.29 is 19.5 Å². The number of nitrogens with zero attached hydrogens (tertiary/aromatic N) is 3. The molecular weight excluding hydrogens is 514 g/mol. The normalized spacial score (nSPS) is 16.3. The molecule has 2 aliphatic rings. The second-order valence-corrected chi connectivity index (χ2v) is 10.0. The van der Waals surface area contributed by atoms with Crippen LogP contribution in [0.25, 0.3) is 10.8 Å². The number of benzene rings is 5. The first-order chi connectivity index (χ1) is 20.0. The highest BCUT2D eigenvalue weighted by Gasteiger charge is 2.36. The average molecular weight is 537 g/mol. The van der Waals surface area contributed by atoms with Gasteiger partial charge in [0.25, 0.3) is 11.8 Å². The lowest BCUT2D eigenvalue weighted by Gasteiger charge is -2.27. The van der Waals surface area contributed by atoms with Crippen LogP contribution in [0.15, 0.2) is 120 Å². The number of para-hydroxylation sites is 1. The van der Waals surface area contributed by atoms with E-state index in [9.17, 15) is 19.5 Å². The van der Waals surface area contributed by atoms with Gasteiger partial charge >= 0.3 is 0 Å². The minimum atomic E-state index is -1.24.